The molecule has 3 aromatic rings. The summed E-state index contributed by atoms with van der Waals surface area (Å²) in [4.78, 5) is 21.6. The lowest BCUT2D eigenvalue weighted by molar-refractivity contribution is 0.121. The minimum atomic E-state index is -0.0819. The lowest BCUT2D eigenvalue weighted by atomic mass is 10.4. The molecule has 1 N–H and O–H groups in total. The molecule has 132 valence electrons. The third-order valence-electron chi connectivity index (χ3n) is 4.01. The van der Waals surface area contributed by atoms with E-state index in [0.29, 0.717) is 29.5 Å². The van der Waals surface area contributed by atoms with Gasteiger partial charge in [-0.1, -0.05) is 11.8 Å². The van der Waals surface area contributed by atoms with E-state index >= 15 is 0 Å². The predicted octanol–water partition coefficient (Wildman–Crippen LogP) is 1.72. The van der Waals surface area contributed by atoms with E-state index in [9.17, 15) is 4.79 Å². The van der Waals surface area contributed by atoms with Crippen LogP contribution in [0, 0.1) is 0 Å². The van der Waals surface area contributed by atoms with Crippen LogP contribution in [0.5, 0.6) is 0 Å². The van der Waals surface area contributed by atoms with Crippen LogP contribution in [0.1, 0.15) is 12.7 Å². The number of H-pyrrole nitrogens is 1. The molecule has 25 heavy (non-hydrogen) atoms. The number of aromatic nitrogens is 5. The molecular formula is C15H18N6O2S2. The quantitative estimate of drug-likeness (QED) is 0.676. The first kappa shape index (κ1) is 16.6. The SMILES string of the molecule is CCn1c(SCc2nc3ccsc3c(=O)[nH]2)nnc1N1CCOCC1. The number of fused-ring (bicyclic) bond motifs is 1. The van der Waals surface area contributed by atoms with Crippen molar-refractivity contribution in [1.29, 1.82) is 0 Å². The van der Waals surface area contributed by atoms with Gasteiger partial charge in [-0.25, -0.2) is 4.98 Å². The van der Waals surface area contributed by atoms with Crippen molar-refractivity contribution < 1.29 is 4.74 Å². The fraction of sp³-hybridized carbons (Fsp3) is 0.467. The van der Waals surface area contributed by atoms with Crippen LogP contribution in [0.2, 0.25) is 0 Å². The number of thiophene rings is 1. The monoisotopic (exact) mass is 378 g/mol. The number of ether oxygens (including phenoxy) is 1. The Bertz CT molecular complexity index is 928. The van der Waals surface area contributed by atoms with E-state index in [-0.39, 0.29) is 5.56 Å². The van der Waals surface area contributed by atoms with E-state index in [1.807, 2.05) is 11.4 Å². The first-order chi connectivity index (χ1) is 12.3. The molecule has 0 bridgehead atoms. The zero-order chi connectivity index (χ0) is 17.2. The summed E-state index contributed by atoms with van der Waals surface area (Å²) < 4.78 is 8.16. The maximum absolute atomic E-state index is 12.1. The maximum atomic E-state index is 12.1. The first-order valence-corrected chi connectivity index (χ1v) is 9.98. The Morgan fingerprint density at radius 2 is 2.20 bits per heavy atom. The summed E-state index contributed by atoms with van der Waals surface area (Å²) >= 11 is 2.94. The third-order valence-corrected chi connectivity index (χ3v) is 5.89. The van der Waals surface area contributed by atoms with Gasteiger partial charge < -0.3 is 14.6 Å². The highest BCUT2D eigenvalue weighted by atomic mass is 32.2. The summed E-state index contributed by atoms with van der Waals surface area (Å²) in [6.07, 6.45) is 0. The van der Waals surface area contributed by atoms with E-state index in [1.54, 1.807) is 0 Å². The molecule has 0 aliphatic carbocycles. The van der Waals surface area contributed by atoms with Gasteiger partial charge in [0.15, 0.2) is 5.16 Å². The molecule has 0 unspecified atom stereocenters. The van der Waals surface area contributed by atoms with Crippen molar-refractivity contribution in [3.8, 4) is 0 Å². The van der Waals surface area contributed by atoms with E-state index in [1.165, 1.54) is 23.1 Å². The zero-order valence-electron chi connectivity index (χ0n) is 13.8. The predicted molar refractivity (Wildman–Crippen MR) is 98.5 cm³/mol. The molecule has 4 rings (SSSR count). The molecule has 1 aliphatic heterocycles. The van der Waals surface area contributed by atoms with Gasteiger partial charge in [0, 0.05) is 19.6 Å². The van der Waals surface area contributed by atoms with Crippen molar-refractivity contribution in [2.75, 3.05) is 31.2 Å². The van der Waals surface area contributed by atoms with Gasteiger partial charge in [0.2, 0.25) is 5.95 Å². The number of morpholine rings is 1. The third kappa shape index (κ3) is 3.29. The molecule has 0 saturated carbocycles. The molecule has 1 aliphatic rings. The molecule has 8 nitrogen and oxygen atoms in total. The van der Waals surface area contributed by atoms with Crippen LogP contribution in [0.3, 0.4) is 0 Å². The molecule has 0 radical (unpaired) electrons. The van der Waals surface area contributed by atoms with Gasteiger partial charge in [0.1, 0.15) is 10.5 Å². The van der Waals surface area contributed by atoms with Crippen molar-refractivity contribution in [3.63, 3.8) is 0 Å². The highest BCUT2D eigenvalue weighted by Gasteiger charge is 2.20. The molecule has 0 amide bonds. The molecule has 1 saturated heterocycles. The number of hydrogen-bond donors (Lipinski definition) is 1. The number of rotatable bonds is 5. The Labute approximate surface area is 152 Å². The van der Waals surface area contributed by atoms with Gasteiger partial charge in [-0.3, -0.25) is 9.36 Å². The highest BCUT2D eigenvalue weighted by molar-refractivity contribution is 7.98. The standard InChI is InChI=1S/C15H18N6O2S2/c1-2-21-14(20-4-6-23-7-5-20)18-19-15(21)25-9-11-16-10-3-8-24-12(10)13(22)17-11/h3,8H,2,4-7,9H2,1H3,(H,16,17,22). The van der Waals surface area contributed by atoms with Gasteiger partial charge in [-0.05, 0) is 18.4 Å². The summed E-state index contributed by atoms with van der Waals surface area (Å²) in [5, 5.41) is 11.4. The number of hydrogen-bond acceptors (Lipinski definition) is 8. The van der Waals surface area contributed by atoms with Gasteiger partial charge in [-0.15, -0.1) is 21.5 Å². The minimum Gasteiger partial charge on any atom is -0.378 e. The maximum Gasteiger partial charge on any atom is 0.268 e. The first-order valence-electron chi connectivity index (χ1n) is 8.11. The summed E-state index contributed by atoms with van der Waals surface area (Å²) in [6, 6.07) is 1.87. The van der Waals surface area contributed by atoms with Gasteiger partial charge in [0.25, 0.3) is 5.56 Å². The van der Waals surface area contributed by atoms with Gasteiger partial charge >= 0.3 is 0 Å². The van der Waals surface area contributed by atoms with Crippen molar-refractivity contribution in [3.05, 3.63) is 27.6 Å². The summed E-state index contributed by atoms with van der Waals surface area (Å²) in [7, 11) is 0. The van der Waals surface area contributed by atoms with Crippen LogP contribution in [0.15, 0.2) is 21.4 Å². The Balaban J connectivity index is 1.53. The van der Waals surface area contributed by atoms with E-state index in [2.05, 4.69) is 36.6 Å². The summed E-state index contributed by atoms with van der Waals surface area (Å²) in [5.41, 5.74) is 0.664. The molecule has 0 aromatic carbocycles. The second-order valence-electron chi connectivity index (χ2n) is 5.56. The van der Waals surface area contributed by atoms with Gasteiger partial charge in [-0.2, -0.15) is 0 Å². The van der Waals surface area contributed by atoms with Crippen molar-refractivity contribution >= 4 is 39.3 Å². The number of thioether (sulfide) groups is 1. The topological polar surface area (TPSA) is 88.9 Å². The Morgan fingerprint density at radius 1 is 1.36 bits per heavy atom. The largest absolute Gasteiger partial charge is 0.378 e. The average Bonchev–Trinajstić information content (AvgIpc) is 3.27. The number of aromatic amines is 1. The van der Waals surface area contributed by atoms with E-state index in [4.69, 9.17) is 4.74 Å². The second kappa shape index (κ2) is 7.14. The number of anilines is 1. The van der Waals surface area contributed by atoms with Crippen LogP contribution < -0.4 is 10.5 Å². The second-order valence-corrected chi connectivity index (χ2v) is 7.42. The van der Waals surface area contributed by atoms with Crippen LogP contribution >= 0.6 is 23.1 Å². The molecule has 4 heterocycles. The fourth-order valence-corrected chi connectivity index (χ4v) is 4.38. The molecular weight excluding hydrogens is 360 g/mol. The van der Waals surface area contributed by atoms with Crippen molar-refractivity contribution in [2.45, 2.75) is 24.4 Å². The van der Waals surface area contributed by atoms with Crippen LogP contribution in [0.4, 0.5) is 5.95 Å². The Kier molecular flexibility index (Phi) is 4.73. The van der Waals surface area contributed by atoms with Crippen molar-refractivity contribution in [2.24, 2.45) is 0 Å². The molecule has 0 atom stereocenters. The Morgan fingerprint density at radius 3 is 3.00 bits per heavy atom. The number of nitrogens with one attached hydrogen (secondary N) is 1. The normalized spacial score (nSPS) is 15.2. The zero-order valence-corrected chi connectivity index (χ0v) is 15.4. The summed E-state index contributed by atoms with van der Waals surface area (Å²) in [6.45, 7) is 5.94. The molecule has 0 spiro atoms. The molecule has 10 heteroatoms. The van der Waals surface area contributed by atoms with Gasteiger partial charge in [0.05, 0.1) is 24.5 Å². The van der Waals surface area contributed by atoms with E-state index < -0.39 is 0 Å². The smallest absolute Gasteiger partial charge is 0.268 e. The summed E-state index contributed by atoms with van der Waals surface area (Å²) in [5.74, 6) is 2.07. The minimum absolute atomic E-state index is 0.0819. The average molecular weight is 378 g/mol. The van der Waals surface area contributed by atoms with Crippen molar-refractivity contribution in [1.82, 2.24) is 24.7 Å². The number of nitrogens with zero attached hydrogens (tertiary/aromatic N) is 5. The molecule has 1 fully saturated rings. The Hall–Kier alpha value is -1.91. The van der Waals surface area contributed by atoms with Crippen LogP contribution in [-0.4, -0.2) is 51.0 Å². The lowest BCUT2D eigenvalue weighted by Crippen LogP contribution is -2.38. The molecule has 3 aromatic heterocycles. The fourth-order valence-electron chi connectivity index (χ4n) is 2.78. The van der Waals surface area contributed by atoms with E-state index in [0.717, 1.165) is 36.3 Å². The van der Waals surface area contributed by atoms with Crippen LogP contribution in [0.25, 0.3) is 10.2 Å². The highest BCUT2D eigenvalue weighted by Crippen LogP contribution is 2.25. The lowest BCUT2D eigenvalue weighted by Gasteiger charge is -2.27. The van der Waals surface area contributed by atoms with Crippen LogP contribution in [-0.2, 0) is 17.0 Å².